The molecule has 23 heavy (non-hydrogen) atoms. The van der Waals surface area contributed by atoms with Crippen molar-refractivity contribution in [3.8, 4) is 0 Å². The molecule has 1 saturated heterocycles. The maximum absolute atomic E-state index is 12.9. The van der Waals surface area contributed by atoms with Gasteiger partial charge in [-0.05, 0) is 51.4 Å². The van der Waals surface area contributed by atoms with Crippen molar-refractivity contribution in [1.82, 2.24) is 9.21 Å². The first-order chi connectivity index (χ1) is 10.6. The molecule has 0 N–H and O–H groups in total. The monoisotopic (exact) mass is 341 g/mol. The summed E-state index contributed by atoms with van der Waals surface area (Å²) < 4.78 is 27.3. The Morgan fingerprint density at radius 2 is 2.00 bits per heavy atom. The van der Waals surface area contributed by atoms with Gasteiger partial charge in [-0.25, -0.2) is 8.42 Å². The van der Waals surface area contributed by atoms with E-state index in [1.54, 1.807) is 13.8 Å². The van der Waals surface area contributed by atoms with E-state index < -0.39 is 14.9 Å². The van der Waals surface area contributed by atoms with Crippen LogP contribution in [0.5, 0.6) is 0 Å². The number of nitro groups is 1. The Balaban J connectivity index is 2.35. The van der Waals surface area contributed by atoms with E-state index in [-0.39, 0.29) is 10.6 Å². The molecule has 0 spiro atoms. The Morgan fingerprint density at radius 1 is 1.35 bits per heavy atom. The Morgan fingerprint density at radius 3 is 2.57 bits per heavy atom. The summed E-state index contributed by atoms with van der Waals surface area (Å²) in [6, 6.07) is 2.59. The van der Waals surface area contributed by atoms with Crippen LogP contribution in [-0.4, -0.2) is 56.3 Å². The van der Waals surface area contributed by atoms with Gasteiger partial charge in [0.05, 0.1) is 9.82 Å². The minimum atomic E-state index is -3.71. The van der Waals surface area contributed by atoms with Gasteiger partial charge in [-0.15, -0.1) is 0 Å². The van der Waals surface area contributed by atoms with Crippen LogP contribution < -0.4 is 0 Å². The summed E-state index contributed by atoms with van der Waals surface area (Å²) in [6.45, 7) is 5.14. The van der Waals surface area contributed by atoms with E-state index in [4.69, 9.17) is 0 Å². The van der Waals surface area contributed by atoms with Gasteiger partial charge < -0.3 is 4.90 Å². The average Bonchev–Trinajstić information content (AvgIpc) is 2.89. The maximum atomic E-state index is 12.9. The smallest absolute Gasteiger partial charge is 0.271 e. The first kappa shape index (κ1) is 17.8. The summed E-state index contributed by atoms with van der Waals surface area (Å²) in [5, 5.41) is 11.0. The highest BCUT2D eigenvalue weighted by molar-refractivity contribution is 7.89. The molecule has 1 unspecified atom stereocenters. The molecule has 1 fully saturated rings. The fourth-order valence-corrected chi connectivity index (χ4v) is 4.85. The minimum Gasteiger partial charge on any atom is -0.309 e. The molecule has 0 bridgehead atoms. The zero-order valence-corrected chi connectivity index (χ0v) is 14.8. The summed E-state index contributed by atoms with van der Waals surface area (Å²) in [5.74, 6) is 0.292. The van der Waals surface area contributed by atoms with Gasteiger partial charge in [-0.1, -0.05) is 0 Å². The molecule has 8 heteroatoms. The summed E-state index contributed by atoms with van der Waals surface area (Å²) in [7, 11) is 0.221. The molecule has 7 nitrogen and oxygen atoms in total. The number of hydrogen-bond donors (Lipinski definition) is 0. The lowest BCUT2D eigenvalue weighted by molar-refractivity contribution is -0.385. The number of benzene rings is 1. The van der Waals surface area contributed by atoms with Crippen LogP contribution in [0.1, 0.15) is 17.5 Å². The molecular weight excluding hydrogens is 318 g/mol. The highest BCUT2D eigenvalue weighted by Gasteiger charge is 2.34. The zero-order valence-electron chi connectivity index (χ0n) is 13.9. The fourth-order valence-electron chi connectivity index (χ4n) is 3.00. The predicted octanol–water partition coefficient (Wildman–Crippen LogP) is 1.78. The van der Waals surface area contributed by atoms with Gasteiger partial charge in [0, 0.05) is 31.8 Å². The fraction of sp³-hybridized carbons (Fsp3) is 0.600. The third kappa shape index (κ3) is 3.70. The molecule has 0 aliphatic carbocycles. The van der Waals surface area contributed by atoms with Gasteiger partial charge in [0.2, 0.25) is 10.0 Å². The van der Waals surface area contributed by atoms with Crippen molar-refractivity contribution >= 4 is 15.7 Å². The van der Waals surface area contributed by atoms with Crippen LogP contribution in [0.2, 0.25) is 0 Å². The van der Waals surface area contributed by atoms with Crippen LogP contribution in [0.15, 0.2) is 17.0 Å². The highest BCUT2D eigenvalue weighted by atomic mass is 32.2. The largest absolute Gasteiger partial charge is 0.309 e. The van der Waals surface area contributed by atoms with Crippen LogP contribution in [0.4, 0.5) is 5.69 Å². The first-order valence-electron chi connectivity index (χ1n) is 7.53. The molecule has 1 aromatic rings. The number of nitro benzene ring substituents is 1. The van der Waals surface area contributed by atoms with Crippen molar-refractivity contribution in [2.24, 2.45) is 5.92 Å². The van der Waals surface area contributed by atoms with Gasteiger partial charge in [0.15, 0.2) is 0 Å². The van der Waals surface area contributed by atoms with Crippen molar-refractivity contribution in [1.29, 1.82) is 0 Å². The number of aryl methyl sites for hydroxylation is 1. The Hall–Kier alpha value is -1.51. The Labute approximate surface area is 137 Å². The minimum absolute atomic E-state index is 0.0507. The Bertz CT molecular complexity index is 716. The topological polar surface area (TPSA) is 83.8 Å². The number of rotatable bonds is 5. The Kier molecular flexibility index (Phi) is 5.07. The summed E-state index contributed by atoms with van der Waals surface area (Å²) >= 11 is 0. The van der Waals surface area contributed by atoms with Crippen LogP contribution in [0.3, 0.4) is 0 Å². The van der Waals surface area contributed by atoms with E-state index >= 15 is 0 Å². The van der Waals surface area contributed by atoms with Crippen molar-refractivity contribution in [3.63, 3.8) is 0 Å². The van der Waals surface area contributed by atoms with E-state index in [2.05, 4.69) is 0 Å². The molecule has 1 aliphatic rings. The van der Waals surface area contributed by atoms with E-state index in [0.717, 1.165) is 13.0 Å². The van der Waals surface area contributed by atoms with Crippen LogP contribution in [0, 0.1) is 29.9 Å². The lowest BCUT2D eigenvalue weighted by Crippen LogP contribution is -2.31. The molecule has 0 amide bonds. The lowest BCUT2D eigenvalue weighted by Gasteiger charge is -2.20. The van der Waals surface area contributed by atoms with E-state index in [0.29, 0.717) is 30.1 Å². The van der Waals surface area contributed by atoms with Gasteiger partial charge in [-0.3, -0.25) is 10.1 Å². The quantitative estimate of drug-likeness (QED) is 0.602. The molecule has 1 aliphatic heterocycles. The third-order valence-electron chi connectivity index (χ3n) is 4.31. The number of sulfonamides is 1. The normalized spacial score (nSPS) is 19.4. The van der Waals surface area contributed by atoms with E-state index in [1.807, 2.05) is 19.0 Å². The standard InChI is InChI=1S/C15H23N3O4S/c1-11-7-14(18(19)20)8-15(12(11)2)23(21,22)17-6-5-13(10-17)9-16(3)4/h7-8,13H,5-6,9-10H2,1-4H3. The van der Waals surface area contributed by atoms with E-state index in [9.17, 15) is 18.5 Å². The second-order valence-corrected chi connectivity index (χ2v) is 8.33. The van der Waals surface area contributed by atoms with Gasteiger partial charge in [0.25, 0.3) is 5.69 Å². The number of nitrogens with zero attached hydrogens (tertiary/aromatic N) is 3. The molecule has 0 radical (unpaired) electrons. The zero-order chi connectivity index (χ0) is 17.4. The van der Waals surface area contributed by atoms with Crippen molar-refractivity contribution in [2.45, 2.75) is 25.2 Å². The summed E-state index contributed by atoms with van der Waals surface area (Å²) in [6.07, 6.45) is 0.810. The molecule has 0 aromatic heterocycles. The maximum Gasteiger partial charge on any atom is 0.271 e. The second kappa shape index (κ2) is 6.54. The first-order valence-corrected chi connectivity index (χ1v) is 8.97. The van der Waals surface area contributed by atoms with Gasteiger partial charge in [0.1, 0.15) is 0 Å². The summed E-state index contributed by atoms with van der Waals surface area (Å²) in [4.78, 5) is 12.6. The van der Waals surface area contributed by atoms with Crippen molar-refractivity contribution in [3.05, 3.63) is 33.4 Å². The molecule has 1 aromatic carbocycles. The second-order valence-electron chi connectivity index (χ2n) is 6.42. The average molecular weight is 341 g/mol. The molecule has 1 atom stereocenters. The van der Waals surface area contributed by atoms with Crippen LogP contribution in [0.25, 0.3) is 0 Å². The van der Waals surface area contributed by atoms with Crippen LogP contribution in [-0.2, 0) is 10.0 Å². The number of non-ortho nitro benzene ring substituents is 1. The molecule has 2 rings (SSSR count). The van der Waals surface area contributed by atoms with Gasteiger partial charge >= 0.3 is 0 Å². The molecule has 1 heterocycles. The van der Waals surface area contributed by atoms with Crippen LogP contribution >= 0.6 is 0 Å². The SMILES string of the molecule is Cc1cc([N+](=O)[O-])cc(S(=O)(=O)N2CCC(CN(C)C)C2)c1C. The number of hydrogen-bond acceptors (Lipinski definition) is 5. The summed E-state index contributed by atoms with van der Waals surface area (Å²) in [5.41, 5.74) is 1.00. The molecular formula is C15H23N3O4S. The lowest BCUT2D eigenvalue weighted by atomic mass is 10.1. The third-order valence-corrected chi connectivity index (χ3v) is 6.30. The molecule has 0 saturated carbocycles. The molecule has 128 valence electrons. The van der Waals surface area contributed by atoms with Gasteiger partial charge in [-0.2, -0.15) is 4.31 Å². The predicted molar refractivity (Wildman–Crippen MR) is 88.0 cm³/mol. The van der Waals surface area contributed by atoms with Crippen molar-refractivity contribution in [2.75, 3.05) is 33.7 Å². The highest BCUT2D eigenvalue weighted by Crippen LogP contribution is 2.30. The van der Waals surface area contributed by atoms with Crippen molar-refractivity contribution < 1.29 is 13.3 Å². The van der Waals surface area contributed by atoms with E-state index in [1.165, 1.54) is 16.4 Å².